The number of carbonyl (C=O) groups excluding carboxylic acids is 1. The SMILES string of the molecule is CS(=O)Cc1cccc(C(=O)NC2(c3ccccc3)CCC2)c1. The molecule has 1 atom stereocenters. The molecule has 3 nitrogen and oxygen atoms in total. The fourth-order valence-electron chi connectivity index (χ4n) is 3.10. The van der Waals surface area contributed by atoms with Crippen LogP contribution in [0.25, 0.3) is 0 Å². The Morgan fingerprint density at radius 1 is 1.13 bits per heavy atom. The van der Waals surface area contributed by atoms with E-state index in [4.69, 9.17) is 0 Å². The summed E-state index contributed by atoms with van der Waals surface area (Å²) in [5, 5.41) is 3.23. The summed E-state index contributed by atoms with van der Waals surface area (Å²) >= 11 is 0. The van der Waals surface area contributed by atoms with Gasteiger partial charge in [-0.1, -0.05) is 42.5 Å². The predicted molar refractivity (Wildman–Crippen MR) is 93.6 cm³/mol. The van der Waals surface area contributed by atoms with Crippen LogP contribution >= 0.6 is 0 Å². The van der Waals surface area contributed by atoms with E-state index in [-0.39, 0.29) is 11.4 Å². The Morgan fingerprint density at radius 3 is 2.48 bits per heavy atom. The Balaban J connectivity index is 1.80. The monoisotopic (exact) mass is 327 g/mol. The minimum Gasteiger partial charge on any atom is -0.343 e. The second-order valence-corrected chi connectivity index (χ2v) is 7.61. The molecule has 120 valence electrons. The molecule has 0 aliphatic heterocycles. The van der Waals surface area contributed by atoms with Gasteiger partial charge in [0.05, 0.1) is 5.54 Å². The van der Waals surface area contributed by atoms with Gasteiger partial charge in [-0.05, 0) is 42.5 Å². The highest BCUT2D eigenvalue weighted by molar-refractivity contribution is 7.83. The first-order valence-corrected chi connectivity index (χ1v) is 9.59. The number of hydrogen-bond acceptors (Lipinski definition) is 2. The first-order chi connectivity index (χ1) is 11.1. The predicted octanol–water partition coefficient (Wildman–Crippen LogP) is 3.37. The third-order valence-corrected chi connectivity index (χ3v) is 5.19. The van der Waals surface area contributed by atoms with Gasteiger partial charge in [0.25, 0.3) is 5.91 Å². The van der Waals surface area contributed by atoms with Gasteiger partial charge < -0.3 is 5.32 Å². The average molecular weight is 327 g/mol. The van der Waals surface area contributed by atoms with Crippen molar-refractivity contribution in [3.8, 4) is 0 Å². The van der Waals surface area contributed by atoms with Crippen LogP contribution in [0.5, 0.6) is 0 Å². The van der Waals surface area contributed by atoms with Gasteiger partial charge >= 0.3 is 0 Å². The first kappa shape index (κ1) is 15.9. The third-order valence-electron chi connectivity index (χ3n) is 4.45. The van der Waals surface area contributed by atoms with Crippen molar-refractivity contribution in [2.75, 3.05) is 6.26 Å². The van der Waals surface area contributed by atoms with Gasteiger partial charge in [-0.15, -0.1) is 0 Å². The van der Waals surface area contributed by atoms with Crippen molar-refractivity contribution >= 4 is 16.7 Å². The highest BCUT2D eigenvalue weighted by Gasteiger charge is 2.39. The third kappa shape index (κ3) is 3.53. The summed E-state index contributed by atoms with van der Waals surface area (Å²) in [5.41, 5.74) is 2.50. The quantitative estimate of drug-likeness (QED) is 0.915. The molecule has 1 saturated carbocycles. The van der Waals surface area contributed by atoms with E-state index >= 15 is 0 Å². The van der Waals surface area contributed by atoms with Crippen LogP contribution in [0, 0.1) is 0 Å². The Morgan fingerprint density at radius 2 is 1.87 bits per heavy atom. The zero-order valence-corrected chi connectivity index (χ0v) is 14.1. The zero-order valence-electron chi connectivity index (χ0n) is 13.2. The fourth-order valence-corrected chi connectivity index (χ4v) is 3.75. The van der Waals surface area contributed by atoms with Crippen molar-refractivity contribution in [3.63, 3.8) is 0 Å². The van der Waals surface area contributed by atoms with Crippen LogP contribution in [0.4, 0.5) is 0 Å². The molecule has 0 bridgehead atoms. The van der Waals surface area contributed by atoms with Crippen molar-refractivity contribution in [1.29, 1.82) is 0 Å². The molecule has 3 rings (SSSR count). The van der Waals surface area contributed by atoms with Crippen LogP contribution in [0.15, 0.2) is 54.6 Å². The van der Waals surface area contributed by atoms with Crippen LogP contribution in [0.3, 0.4) is 0 Å². The molecule has 4 heteroatoms. The Bertz CT molecular complexity index is 723. The molecule has 0 heterocycles. The topological polar surface area (TPSA) is 46.2 Å². The second-order valence-electron chi connectivity index (χ2n) is 6.17. The van der Waals surface area contributed by atoms with E-state index in [9.17, 15) is 9.00 Å². The molecule has 0 saturated heterocycles. The molecular formula is C19H21NO2S. The van der Waals surface area contributed by atoms with Gasteiger partial charge in [0, 0.05) is 28.4 Å². The van der Waals surface area contributed by atoms with E-state index in [1.54, 1.807) is 6.26 Å². The van der Waals surface area contributed by atoms with E-state index in [0.29, 0.717) is 11.3 Å². The second kappa shape index (κ2) is 6.67. The molecule has 1 fully saturated rings. The summed E-state index contributed by atoms with van der Waals surface area (Å²) in [4.78, 5) is 12.7. The zero-order chi connectivity index (χ0) is 16.3. The Hall–Kier alpha value is -1.94. The van der Waals surface area contributed by atoms with Crippen LogP contribution in [0.1, 0.15) is 40.7 Å². The largest absolute Gasteiger partial charge is 0.343 e. The number of carbonyl (C=O) groups is 1. The number of amides is 1. The summed E-state index contributed by atoms with van der Waals surface area (Å²) < 4.78 is 11.4. The maximum atomic E-state index is 12.7. The minimum absolute atomic E-state index is 0.0581. The summed E-state index contributed by atoms with van der Waals surface area (Å²) in [6.07, 6.45) is 4.75. The summed E-state index contributed by atoms with van der Waals surface area (Å²) in [6.45, 7) is 0. The van der Waals surface area contributed by atoms with Gasteiger partial charge in [-0.3, -0.25) is 9.00 Å². The lowest BCUT2D eigenvalue weighted by molar-refractivity contribution is 0.0823. The molecule has 1 unspecified atom stereocenters. The molecule has 1 amide bonds. The molecule has 0 radical (unpaired) electrons. The van der Waals surface area contributed by atoms with Gasteiger partial charge in [0.2, 0.25) is 0 Å². The normalized spacial score (nSPS) is 17.1. The van der Waals surface area contributed by atoms with E-state index in [0.717, 1.165) is 24.8 Å². The molecule has 0 spiro atoms. The molecule has 0 aromatic heterocycles. The van der Waals surface area contributed by atoms with Crippen molar-refractivity contribution in [3.05, 3.63) is 71.3 Å². The smallest absolute Gasteiger partial charge is 0.251 e. The van der Waals surface area contributed by atoms with Crippen LogP contribution in [-0.2, 0) is 22.1 Å². The molecule has 2 aromatic rings. The lowest BCUT2D eigenvalue weighted by Crippen LogP contribution is -2.50. The van der Waals surface area contributed by atoms with Gasteiger partial charge in [-0.2, -0.15) is 0 Å². The van der Waals surface area contributed by atoms with Gasteiger partial charge in [-0.25, -0.2) is 0 Å². The molecular weight excluding hydrogens is 306 g/mol. The first-order valence-electron chi connectivity index (χ1n) is 7.86. The number of rotatable bonds is 5. The van der Waals surface area contributed by atoms with Crippen LogP contribution in [0.2, 0.25) is 0 Å². The summed E-state index contributed by atoms with van der Waals surface area (Å²) in [5.74, 6) is 0.419. The van der Waals surface area contributed by atoms with Crippen LogP contribution < -0.4 is 5.32 Å². The molecule has 2 aromatic carbocycles. The maximum absolute atomic E-state index is 12.7. The van der Waals surface area contributed by atoms with Crippen molar-refractivity contribution in [1.82, 2.24) is 5.32 Å². The maximum Gasteiger partial charge on any atom is 0.251 e. The Kier molecular flexibility index (Phi) is 4.62. The van der Waals surface area contributed by atoms with E-state index < -0.39 is 10.8 Å². The van der Waals surface area contributed by atoms with Gasteiger partial charge in [0.1, 0.15) is 0 Å². The van der Waals surface area contributed by atoms with E-state index in [1.165, 1.54) is 5.56 Å². The number of hydrogen-bond donors (Lipinski definition) is 1. The minimum atomic E-state index is -0.909. The lowest BCUT2D eigenvalue weighted by Gasteiger charge is -2.43. The molecule has 1 aliphatic carbocycles. The van der Waals surface area contributed by atoms with E-state index in [2.05, 4.69) is 17.4 Å². The van der Waals surface area contributed by atoms with Gasteiger partial charge in [0.15, 0.2) is 0 Å². The molecule has 23 heavy (non-hydrogen) atoms. The van der Waals surface area contributed by atoms with Crippen molar-refractivity contribution in [2.45, 2.75) is 30.6 Å². The number of nitrogens with one attached hydrogen (secondary N) is 1. The summed E-state index contributed by atoms with van der Waals surface area (Å²) in [6, 6.07) is 17.6. The van der Waals surface area contributed by atoms with Crippen molar-refractivity contribution < 1.29 is 9.00 Å². The fraction of sp³-hybridized carbons (Fsp3) is 0.316. The standard InChI is InChI=1S/C19H21NO2S/c1-23(22)14-15-7-5-8-16(13-15)18(21)20-19(11-6-12-19)17-9-3-2-4-10-17/h2-5,7-10,13H,6,11-12,14H2,1H3,(H,20,21). The average Bonchev–Trinajstić information content (AvgIpc) is 2.51. The number of benzene rings is 2. The molecule has 1 aliphatic rings. The van der Waals surface area contributed by atoms with Crippen LogP contribution in [-0.4, -0.2) is 16.4 Å². The molecule has 1 N–H and O–H groups in total. The lowest BCUT2D eigenvalue weighted by atomic mass is 9.71. The Labute approximate surface area is 139 Å². The van der Waals surface area contributed by atoms with Crippen molar-refractivity contribution in [2.24, 2.45) is 0 Å². The highest BCUT2D eigenvalue weighted by Crippen LogP contribution is 2.41. The highest BCUT2D eigenvalue weighted by atomic mass is 32.2. The summed E-state index contributed by atoms with van der Waals surface area (Å²) in [7, 11) is -0.909. The van der Waals surface area contributed by atoms with E-state index in [1.807, 2.05) is 42.5 Å².